The fourth-order valence-corrected chi connectivity index (χ4v) is 5.05. The lowest BCUT2D eigenvalue weighted by Crippen LogP contribution is -2.41. The molecule has 35 heavy (non-hydrogen) atoms. The lowest BCUT2D eigenvalue weighted by atomic mass is 10.1. The molecule has 9 heteroatoms. The first-order valence-corrected chi connectivity index (χ1v) is 12.8. The molecule has 0 heterocycles. The van der Waals surface area contributed by atoms with Crippen LogP contribution in [-0.2, 0) is 21.2 Å². The van der Waals surface area contributed by atoms with Gasteiger partial charge in [-0.05, 0) is 67.8 Å². The first-order chi connectivity index (χ1) is 16.6. The van der Waals surface area contributed by atoms with Gasteiger partial charge in [0.05, 0.1) is 24.8 Å². The van der Waals surface area contributed by atoms with Gasteiger partial charge >= 0.3 is 0 Å². The van der Waals surface area contributed by atoms with Gasteiger partial charge in [-0.1, -0.05) is 41.4 Å². The van der Waals surface area contributed by atoms with Gasteiger partial charge in [-0.2, -0.15) is 0 Å². The van der Waals surface area contributed by atoms with E-state index in [-0.39, 0.29) is 11.4 Å². The number of rotatable bonds is 10. The molecule has 0 aliphatic heterocycles. The molecular weight excluding hydrogens is 488 g/mol. The van der Waals surface area contributed by atoms with E-state index >= 15 is 0 Å². The molecule has 1 amide bonds. The SMILES string of the molecule is COc1ccc(CCNC(=O)CN(c2ccc(C)c(Cl)c2)S(=O)(=O)c2ccc(C)cc2)cc1OC. The maximum atomic E-state index is 13.5. The quantitative estimate of drug-likeness (QED) is 0.428. The second-order valence-corrected chi connectivity index (χ2v) is 10.3. The number of carbonyl (C=O) groups excluding carboxylic acids is 1. The summed E-state index contributed by atoms with van der Waals surface area (Å²) in [7, 11) is -0.882. The Kier molecular flexibility index (Phi) is 8.64. The summed E-state index contributed by atoms with van der Waals surface area (Å²) < 4.78 is 38.6. The Labute approximate surface area is 211 Å². The van der Waals surface area contributed by atoms with Crippen LogP contribution in [0.25, 0.3) is 0 Å². The minimum atomic E-state index is -4.01. The molecule has 0 saturated carbocycles. The van der Waals surface area contributed by atoms with Crippen molar-refractivity contribution >= 4 is 33.2 Å². The highest BCUT2D eigenvalue weighted by atomic mass is 35.5. The normalized spacial score (nSPS) is 11.1. The highest BCUT2D eigenvalue weighted by Gasteiger charge is 2.27. The molecule has 0 aliphatic rings. The number of carbonyl (C=O) groups is 1. The number of sulfonamides is 1. The van der Waals surface area contributed by atoms with Crippen molar-refractivity contribution in [3.05, 3.63) is 82.4 Å². The number of aryl methyl sites for hydroxylation is 2. The van der Waals surface area contributed by atoms with Gasteiger partial charge in [0.15, 0.2) is 11.5 Å². The van der Waals surface area contributed by atoms with Crippen molar-refractivity contribution in [2.75, 3.05) is 31.6 Å². The van der Waals surface area contributed by atoms with Crippen LogP contribution in [0.15, 0.2) is 65.6 Å². The molecule has 7 nitrogen and oxygen atoms in total. The molecule has 0 unspecified atom stereocenters. The Hall–Kier alpha value is -3.23. The third-order valence-corrected chi connectivity index (χ3v) is 7.72. The summed E-state index contributed by atoms with van der Waals surface area (Å²) in [5.41, 5.74) is 3.00. The van der Waals surface area contributed by atoms with Crippen LogP contribution in [0.3, 0.4) is 0 Å². The van der Waals surface area contributed by atoms with E-state index in [0.29, 0.717) is 35.2 Å². The third kappa shape index (κ3) is 6.46. The molecule has 3 aromatic rings. The number of nitrogens with one attached hydrogen (secondary N) is 1. The molecule has 0 spiro atoms. The number of hydrogen-bond acceptors (Lipinski definition) is 5. The third-order valence-electron chi connectivity index (χ3n) is 5.52. The lowest BCUT2D eigenvalue weighted by molar-refractivity contribution is -0.119. The fourth-order valence-electron chi connectivity index (χ4n) is 3.46. The van der Waals surface area contributed by atoms with Crippen molar-refractivity contribution in [2.45, 2.75) is 25.2 Å². The topological polar surface area (TPSA) is 84.9 Å². The van der Waals surface area contributed by atoms with Crippen LogP contribution in [0.2, 0.25) is 5.02 Å². The summed E-state index contributed by atoms with van der Waals surface area (Å²) in [6, 6.07) is 16.9. The van der Waals surface area contributed by atoms with Crippen molar-refractivity contribution in [3.8, 4) is 11.5 Å². The van der Waals surface area contributed by atoms with E-state index in [0.717, 1.165) is 21.0 Å². The lowest BCUT2D eigenvalue weighted by Gasteiger charge is -2.24. The highest BCUT2D eigenvalue weighted by Crippen LogP contribution is 2.29. The maximum absolute atomic E-state index is 13.5. The van der Waals surface area contributed by atoms with Crippen molar-refractivity contribution in [3.63, 3.8) is 0 Å². The second-order valence-electron chi connectivity index (χ2n) is 8.05. The van der Waals surface area contributed by atoms with Gasteiger partial charge in [0.2, 0.25) is 5.91 Å². The molecule has 0 fully saturated rings. The number of halogens is 1. The Balaban J connectivity index is 1.78. The summed E-state index contributed by atoms with van der Waals surface area (Å²) in [6.45, 7) is 3.63. The highest BCUT2D eigenvalue weighted by molar-refractivity contribution is 7.92. The molecule has 186 valence electrons. The van der Waals surface area contributed by atoms with Crippen LogP contribution in [0.5, 0.6) is 11.5 Å². The van der Waals surface area contributed by atoms with Gasteiger partial charge in [-0.15, -0.1) is 0 Å². The van der Waals surface area contributed by atoms with E-state index in [1.165, 1.54) is 12.1 Å². The van der Waals surface area contributed by atoms with E-state index in [4.69, 9.17) is 21.1 Å². The van der Waals surface area contributed by atoms with Crippen LogP contribution in [0, 0.1) is 13.8 Å². The van der Waals surface area contributed by atoms with Crippen molar-refractivity contribution in [2.24, 2.45) is 0 Å². The Bertz CT molecular complexity index is 1290. The minimum absolute atomic E-state index is 0.0953. The summed E-state index contributed by atoms with van der Waals surface area (Å²) in [5, 5.41) is 3.22. The Morgan fingerprint density at radius 2 is 1.63 bits per heavy atom. The van der Waals surface area contributed by atoms with E-state index in [1.54, 1.807) is 50.6 Å². The first-order valence-electron chi connectivity index (χ1n) is 11.0. The molecule has 0 aromatic heterocycles. The molecule has 0 bridgehead atoms. The molecule has 0 aliphatic carbocycles. The zero-order valence-corrected chi connectivity index (χ0v) is 21.7. The van der Waals surface area contributed by atoms with Gasteiger partial charge < -0.3 is 14.8 Å². The molecule has 0 saturated heterocycles. The van der Waals surface area contributed by atoms with Gasteiger partial charge in [0.1, 0.15) is 6.54 Å². The number of methoxy groups -OCH3 is 2. The number of benzene rings is 3. The number of anilines is 1. The number of ether oxygens (including phenoxy) is 2. The second kappa shape index (κ2) is 11.5. The number of amides is 1. The molecule has 0 radical (unpaired) electrons. The molecule has 0 atom stereocenters. The number of nitrogens with zero attached hydrogens (tertiary/aromatic N) is 1. The number of hydrogen-bond donors (Lipinski definition) is 1. The predicted octanol–water partition coefficient (Wildman–Crippen LogP) is 4.53. The predicted molar refractivity (Wildman–Crippen MR) is 138 cm³/mol. The van der Waals surface area contributed by atoms with Crippen LogP contribution >= 0.6 is 11.6 Å². The molecule has 3 rings (SSSR count). The van der Waals surface area contributed by atoms with Gasteiger partial charge in [-0.25, -0.2) is 8.42 Å². The summed E-state index contributed by atoms with van der Waals surface area (Å²) in [6.07, 6.45) is 0.535. The first kappa shape index (κ1) is 26.4. The van der Waals surface area contributed by atoms with Crippen LogP contribution < -0.4 is 19.1 Å². The van der Waals surface area contributed by atoms with Gasteiger partial charge in [-0.3, -0.25) is 9.10 Å². The largest absolute Gasteiger partial charge is 0.493 e. The minimum Gasteiger partial charge on any atom is -0.493 e. The van der Waals surface area contributed by atoms with Crippen LogP contribution in [0.1, 0.15) is 16.7 Å². The zero-order valence-electron chi connectivity index (χ0n) is 20.2. The van der Waals surface area contributed by atoms with Crippen molar-refractivity contribution in [1.29, 1.82) is 0 Å². The van der Waals surface area contributed by atoms with Crippen LogP contribution in [-0.4, -0.2) is 41.6 Å². The summed E-state index contributed by atoms with van der Waals surface area (Å²) >= 11 is 6.27. The van der Waals surface area contributed by atoms with Crippen molar-refractivity contribution < 1.29 is 22.7 Å². The molecule has 3 aromatic carbocycles. The van der Waals surface area contributed by atoms with Crippen molar-refractivity contribution in [1.82, 2.24) is 5.32 Å². The Morgan fingerprint density at radius 1 is 0.943 bits per heavy atom. The van der Waals surface area contributed by atoms with E-state index < -0.39 is 15.9 Å². The maximum Gasteiger partial charge on any atom is 0.264 e. The average molecular weight is 517 g/mol. The standard InChI is InChI=1S/C26H29ClN2O5S/c1-18-5-10-22(11-6-18)35(31,32)29(21-9-7-19(2)23(27)16-21)17-26(30)28-14-13-20-8-12-24(33-3)25(15-20)34-4/h5-12,15-16H,13-14,17H2,1-4H3,(H,28,30). The smallest absolute Gasteiger partial charge is 0.264 e. The zero-order chi connectivity index (χ0) is 25.6. The summed E-state index contributed by atoms with van der Waals surface area (Å²) in [5.74, 6) is 0.787. The average Bonchev–Trinajstić information content (AvgIpc) is 2.84. The fraction of sp³-hybridized carbons (Fsp3) is 0.269. The van der Waals surface area contributed by atoms with Gasteiger partial charge in [0.25, 0.3) is 10.0 Å². The monoisotopic (exact) mass is 516 g/mol. The van der Waals surface area contributed by atoms with E-state index in [2.05, 4.69) is 5.32 Å². The Morgan fingerprint density at radius 3 is 2.26 bits per heavy atom. The molecular formula is C26H29ClN2O5S. The van der Waals surface area contributed by atoms with E-state index in [9.17, 15) is 13.2 Å². The van der Waals surface area contributed by atoms with Crippen LogP contribution in [0.4, 0.5) is 5.69 Å². The van der Waals surface area contributed by atoms with E-state index in [1.807, 2.05) is 26.0 Å². The summed E-state index contributed by atoms with van der Waals surface area (Å²) in [4.78, 5) is 12.9. The molecule has 1 N–H and O–H groups in total. The van der Waals surface area contributed by atoms with Gasteiger partial charge in [0, 0.05) is 11.6 Å².